The molecule has 1 N–H and O–H groups in total. The van der Waals surface area contributed by atoms with Crippen molar-refractivity contribution < 1.29 is 13.5 Å². The molecule has 5 nitrogen and oxygen atoms in total. The van der Waals surface area contributed by atoms with Crippen LogP contribution in [0.2, 0.25) is 0 Å². The highest BCUT2D eigenvalue weighted by Gasteiger charge is 2.35. The molecule has 2 aromatic rings. The summed E-state index contributed by atoms with van der Waals surface area (Å²) in [6, 6.07) is 7.00. The van der Waals surface area contributed by atoms with Crippen LogP contribution in [0.15, 0.2) is 34.5 Å². The number of sulfone groups is 1. The van der Waals surface area contributed by atoms with Crippen molar-refractivity contribution in [2.75, 3.05) is 12.8 Å². The zero-order valence-corrected chi connectivity index (χ0v) is 16.4. The highest BCUT2D eigenvalue weighted by Crippen LogP contribution is 2.30. The van der Waals surface area contributed by atoms with Crippen LogP contribution in [0.25, 0.3) is 10.6 Å². The standard InChI is InChI=1S/C18H24N2O3S2/c1-18(2,21)16-5-4-10-20(16)11-14-12-24-17(19-14)13-6-8-15(9-7-13)25(3,22)23/h6-9,12,16,21H,4-5,10-11H2,1-3H3/t16-/m1/s1. The lowest BCUT2D eigenvalue weighted by Gasteiger charge is -2.33. The van der Waals surface area contributed by atoms with E-state index in [-0.39, 0.29) is 6.04 Å². The van der Waals surface area contributed by atoms with Gasteiger partial charge in [-0.15, -0.1) is 11.3 Å². The zero-order chi connectivity index (χ0) is 18.2. The minimum absolute atomic E-state index is 0.159. The van der Waals surface area contributed by atoms with Crippen molar-refractivity contribution in [2.45, 2.75) is 49.8 Å². The predicted octanol–water partition coefficient (Wildman–Crippen LogP) is 2.95. The predicted molar refractivity (Wildman–Crippen MR) is 100 cm³/mol. The van der Waals surface area contributed by atoms with Crippen molar-refractivity contribution in [3.05, 3.63) is 35.3 Å². The summed E-state index contributed by atoms with van der Waals surface area (Å²) >= 11 is 1.56. The van der Waals surface area contributed by atoms with Crippen molar-refractivity contribution in [3.8, 4) is 10.6 Å². The largest absolute Gasteiger partial charge is 0.389 e. The lowest BCUT2D eigenvalue weighted by atomic mass is 9.96. The summed E-state index contributed by atoms with van der Waals surface area (Å²) in [5.74, 6) is 0. The summed E-state index contributed by atoms with van der Waals surface area (Å²) in [5.41, 5.74) is 1.20. The molecule has 2 heterocycles. The molecule has 0 spiro atoms. The number of likely N-dealkylation sites (tertiary alicyclic amines) is 1. The summed E-state index contributed by atoms with van der Waals surface area (Å²) in [7, 11) is -3.18. The smallest absolute Gasteiger partial charge is 0.175 e. The van der Waals surface area contributed by atoms with Gasteiger partial charge in [0.25, 0.3) is 0 Å². The highest BCUT2D eigenvalue weighted by molar-refractivity contribution is 7.90. The summed E-state index contributed by atoms with van der Waals surface area (Å²) in [5, 5.41) is 13.3. The number of benzene rings is 1. The first-order valence-corrected chi connectivity index (χ1v) is 11.1. The van der Waals surface area contributed by atoms with Crippen molar-refractivity contribution in [2.24, 2.45) is 0 Å². The van der Waals surface area contributed by atoms with Gasteiger partial charge in [-0.05, 0) is 45.4 Å². The lowest BCUT2D eigenvalue weighted by molar-refractivity contribution is -0.00530. The van der Waals surface area contributed by atoms with Crippen molar-refractivity contribution in [3.63, 3.8) is 0 Å². The van der Waals surface area contributed by atoms with E-state index in [0.717, 1.165) is 42.2 Å². The minimum atomic E-state index is -3.18. The molecule has 1 saturated heterocycles. The van der Waals surface area contributed by atoms with Gasteiger partial charge in [-0.2, -0.15) is 0 Å². The van der Waals surface area contributed by atoms with E-state index in [1.165, 1.54) is 6.26 Å². The number of thiazole rings is 1. The molecule has 1 aliphatic heterocycles. The Kier molecular flexibility index (Phi) is 5.03. The van der Waals surface area contributed by atoms with Gasteiger partial charge in [-0.3, -0.25) is 4.90 Å². The molecule has 1 atom stereocenters. The van der Waals surface area contributed by atoms with Gasteiger partial charge < -0.3 is 5.11 Å². The van der Waals surface area contributed by atoms with Crippen LogP contribution in [-0.2, 0) is 16.4 Å². The van der Waals surface area contributed by atoms with Gasteiger partial charge in [0.2, 0.25) is 0 Å². The van der Waals surface area contributed by atoms with Crippen LogP contribution in [0.1, 0.15) is 32.4 Å². The highest BCUT2D eigenvalue weighted by atomic mass is 32.2. The molecule has 1 fully saturated rings. The van der Waals surface area contributed by atoms with E-state index in [9.17, 15) is 13.5 Å². The molecule has 1 aromatic carbocycles. The topological polar surface area (TPSA) is 70.5 Å². The molecule has 0 aliphatic carbocycles. The third kappa shape index (κ3) is 4.28. The average Bonchev–Trinajstić information content (AvgIpc) is 3.16. The maximum atomic E-state index is 11.6. The second kappa shape index (κ2) is 6.79. The van der Waals surface area contributed by atoms with Crippen molar-refractivity contribution >= 4 is 21.2 Å². The first-order chi connectivity index (χ1) is 11.6. The summed E-state index contributed by atoms with van der Waals surface area (Å²) in [6.07, 6.45) is 3.31. The maximum Gasteiger partial charge on any atom is 0.175 e. The van der Waals surface area contributed by atoms with Crippen LogP contribution in [0.4, 0.5) is 0 Å². The summed E-state index contributed by atoms with van der Waals surface area (Å²) in [4.78, 5) is 7.31. The fraction of sp³-hybridized carbons (Fsp3) is 0.500. The Balaban J connectivity index is 1.74. The van der Waals surface area contributed by atoms with E-state index in [2.05, 4.69) is 4.90 Å². The number of aromatic nitrogens is 1. The first-order valence-electron chi connectivity index (χ1n) is 8.36. The molecule has 136 valence electrons. The van der Waals surface area contributed by atoms with E-state index in [1.54, 1.807) is 35.6 Å². The van der Waals surface area contributed by atoms with E-state index >= 15 is 0 Å². The quantitative estimate of drug-likeness (QED) is 0.864. The second-order valence-corrected chi connectivity index (χ2v) is 10.1. The molecule has 0 radical (unpaired) electrons. The molecule has 1 aliphatic rings. The van der Waals surface area contributed by atoms with E-state index in [0.29, 0.717) is 4.90 Å². The van der Waals surface area contributed by atoms with Gasteiger partial charge in [0, 0.05) is 29.8 Å². The van der Waals surface area contributed by atoms with Crippen molar-refractivity contribution in [1.29, 1.82) is 0 Å². The number of hydrogen-bond donors (Lipinski definition) is 1. The third-order valence-electron chi connectivity index (χ3n) is 4.63. The van der Waals surface area contributed by atoms with Gasteiger partial charge >= 0.3 is 0 Å². The zero-order valence-electron chi connectivity index (χ0n) is 14.8. The Morgan fingerprint density at radius 1 is 1.32 bits per heavy atom. The Morgan fingerprint density at radius 2 is 2.00 bits per heavy atom. The van der Waals surface area contributed by atoms with Crippen molar-refractivity contribution in [1.82, 2.24) is 9.88 Å². The Hall–Kier alpha value is -1.28. The van der Waals surface area contributed by atoms with E-state index in [4.69, 9.17) is 4.98 Å². The average molecular weight is 381 g/mol. The molecule has 3 rings (SSSR count). The third-order valence-corrected chi connectivity index (χ3v) is 6.69. The molecular weight excluding hydrogens is 356 g/mol. The summed E-state index contributed by atoms with van der Waals surface area (Å²) < 4.78 is 23.1. The molecule has 7 heteroatoms. The number of hydrogen-bond acceptors (Lipinski definition) is 6. The molecule has 0 saturated carbocycles. The Morgan fingerprint density at radius 3 is 2.60 bits per heavy atom. The number of nitrogens with zero attached hydrogens (tertiary/aromatic N) is 2. The fourth-order valence-corrected chi connectivity index (χ4v) is 4.83. The van der Waals surface area contributed by atoms with Gasteiger partial charge in [-0.25, -0.2) is 13.4 Å². The van der Waals surface area contributed by atoms with Crippen LogP contribution in [0, 0.1) is 0 Å². The first kappa shape index (κ1) is 18.5. The molecule has 0 amide bonds. The van der Waals surface area contributed by atoms with Crippen LogP contribution in [0.3, 0.4) is 0 Å². The molecule has 1 aromatic heterocycles. The lowest BCUT2D eigenvalue weighted by Crippen LogP contribution is -2.45. The van der Waals surface area contributed by atoms with Crippen LogP contribution >= 0.6 is 11.3 Å². The number of rotatable bonds is 5. The minimum Gasteiger partial charge on any atom is -0.389 e. The molecular formula is C18H24N2O3S2. The Bertz CT molecular complexity index is 836. The SMILES string of the molecule is CC(C)(O)[C@H]1CCCN1Cc1csc(-c2ccc(S(C)(=O)=O)cc2)n1. The van der Waals surface area contributed by atoms with Crippen LogP contribution < -0.4 is 0 Å². The van der Waals surface area contributed by atoms with Gasteiger partial charge in [-0.1, -0.05) is 12.1 Å². The molecule has 0 bridgehead atoms. The summed E-state index contributed by atoms with van der Waals surface area (Å²) in [6.45, 7) is 5.44. The fourth-order valence-electron chi connectivity index (χ4n) is 3.38. The van der Waals surface area contributed by atoms with Crippen LogP contribution in [0.5, 0.6) is 0 Å². The maximum absolute atomic E-state index is 11.6. The van der Waals surface area contributed by atoms with E-state index in [1.807, 2.05) is 19.2 Å². The molecule has 0 unspecified atom stereocenters. The molecule has 25 heavy (non-hydrogen) atoms. The monoisotopic (exact) mass is 380 g/mol. The van der Waals surface area contributed by atoms with Gasteiger partial charge in [0.15, 0.2) is 9.84 Å². The van der Waals surface area contributed by atoms with Crippen LogP contribution in [-0.4, -0.2) is 47.9 Å². The van der Waals surface area contributed by atoms with E-state index < -0.39 is 15.4 Å². The number of aliphatic hydroxyl groups is 1. The second-order valence-electron chi connectivity index (χ2n) is 7.22. The Labute approximate surface area is 153 Å². The van der Waals surface area contributed by atoms with Gasteiger partial charge in [0.1, 0.15) is 5.01 Å². The normalized spacial score (nSPS) is 19.4. The van der Waals surface area contributed by atoms with Gasteiger partial charge in [0.05, 0.1) is 16.2 Å².